The van der Waals surface area contributed by atoms with Crippen molar-refractivity contribution in [1.29, 1.82) is 0 Å². The number of aromatic nitrogens is 3. The van der Waals surface area contributed by atoms with Gasteiger partial charge in [-0.15, -0.1) is 16.4 Å². The molecule has 1 aliphatic heterocycles. The molecule has 0 unspecified atom stereocenters. The van der Waals surface area contributed by atoms with Gasteiger partial charge in [-0.2, -0.15) is 4.52 Å². The summed E-state index contributed by atoms with van der Waals surface area (Å²) in [7, 11) is 1.44. The van der Waals surface area contributed by atoms with Crippen molar-refractivity contribution in [2.75, 3.05) is 20.2 Å². The Morgan fingerprint density at radius 1 is 1.44 bits per heavy atom. The first-order valence-electron chi connectivity index (χ1n) is 9.05. The van der Waals surface area contributed by atoms with E-state index >= 15 is 0 Å². The lowest BCUT2D eigenvalue weighted by Gasteiger charge is -2.35. The molecule has 9 heteroatoms. The average molecular weight is 407 g/mol. The number of esters is 1. The van der Waals surface area contributed by atoms with Gasteiger partial charge in [-0.3, -0.25) is 9.69 Å². The van der Waals surface area contributed by atoms with Gasteiger partial charge in [0.05, 0.1) is 23.9 Å². The lowest BCUT2D eigenvalue weighted by Crippen LogP contribution is -2.39. The predicted molar refractivity (Wildman–Crippen MR) is 104 cm³/mol. The lowest BCUT2D eigenvalue weighted by atomic mass is 9.95. The van der Waals surface area contributed by atoms with Gasteiger partial charge in [-0.25, -0.2) is 4.98 Å². The number of rotatable bonds is 5. The second kappa shape index (κ2) is 7.57. The van der Waals surface area contributed by atoms with Crippen LogP contribution in [0.3, 0.4) is 0 Å². The molecule has 0 aliphatic carbocycles. The Kier molecular flexibility index (Phi) is 5.16. The number of carbonyl (C=O) groups is 1. The molecule has 1 fully saturated rings. The summed E-state index contributed by atoms with van der Waals surface area (Å²) in [6, 6.07) is 4.06. The molecule has 0 saturated carbocycles. The highest BCUT2D eigenvalue weighted by Crippen LogP contribution is 2.42. The summed E-state index contributed by atoms with van der Waals surface area (Å²) in [5.74, 6) is 0.722. The van der Waals surface area contributed by atoms with Crippen LogP contribution in [0.1, 0.15) is 41.4 Å². The first-order valence-corrected chi connectivity index (χ1v) is 10.7. The molecule has 7 nitrogen and oxygen atoms in total. The zero-order chi connectivity index (χ0) is 19.0. The minimum atomic E-state index is -0.129. The third kappa shape index (κ3) is 3.35. The van der Waals surface area contributed by atoms with E-state index in [0.717, 1.165) is 43.1 Å². The summed E-state index contributed by atoms with van der Waals surface area (Å²) >= 11 is 3.16. The van der Waals surface area contributed by atoms with Crippen molar-refractivity contribution in [3.05, 3.63) is 33.1 Å². The number of ether oxygens (including phenoxy) is 1. The van der Waals surface area contributed by atoms with E-state index in [4.69, 9.17) is 4.74 Å². The van der Waals surface area contributed by atoms with Crippen molar-refractivity contribution >= 4 is 33.6 Å². The number of aryl methyl sites for hydroxylation is 1. The van der Waals surface area contributed by atoms with E-state index in [9.17, 15) is 9.90 Å². The first kappa shape index (κ1) is 18.4. The molecule has 0 aromatic carbocycles. The Bertz CT molecular complexity index is 926. The quantitative estimate of drug-likeness (QED) is 0.656. The standard InChI is InChI=1S/C18H22N4O3S2/c1-3-13-19-18-22(20-13)16(23)15(27-18)14(12-5-4-10-26-12)21-8-6-11(7-9-21)17(24)25-2/h4-5,10-11,14,23H,3,6-9H2,1-2H3/t14-/m1/s1. The third-order valence-corrected chi connectivity index (χ3v) is 7.05. The van der Waals surface area contributed by atoms with Crippen LogP contribution < -0.4 is 0 Å². The van der Waals surface area contributed by atoms with Crippen LogP contribution >= 0.6 is 22.7 Å². The number of aromatic hydroxyl groups is 1. The summed E-state index contributed by atoms with van der Waals surface area (Å²) in [6.45, 7) is 3.54. The molecule has 1 aliphatic rings. The molecule has 0 radical (unpaired) electrons. The molecule has 4 rings (SSSR count). The topological polar surface area (TPSA) is 80.0 Å². The van der Waals surface area contributed by atoms with Gasteiger partial charge in [-0.05, 0) is 37.4 Å². The van der Waals surface area contributed by atoms with Gasteiger partial charge in [0, 0.05) is 11.3 Å². The fraction of sp³-hybridized carbons (Fsp3) is 0.500. The maximum atomic E-state index is 11.8. The largest absolute Gasteiger partial charge is 0.492 e. The molecular formula is C18H22N4O3S2. The van der Waals surface area contributed by atoms with Crippen molar-refractivity contribution in [1.82, 2.24) is 19.5 Å². The van der Waals surface area contributed by atoms with Crippen molar-refractivity contribution in [3.8, 4) is 5.88 Å². The van der Waals surface area contributed by atoms with E-state index in [2.05, 4.69) is 21.0 Å². The highest BCUT2D eigenvalue weighted by molar-refractivity contribution is 7.17. The van der Waals surface area contributed by atoms with Crippen molar-refractivity contribution in [2.45, 2.75) is 32.2 Å². The van der Waals surface area contributed by atoms with Crippen LogP contribution in [-0.2, 0) is 16.0 Å². The third-order valence-electron chi connectivity index (χ3n) is 5.05. The van der Waals surface area contributed by atoms with Gasteiger partial charge < -0.3 is 9.84 Å². The van der Waals surface area contributed by atoms with Gasteiger partial charge in [-0.1, -0.05) is 24.3 Å². The van der Waals surface area contributed by atoms with E-state index in [1.54, 1.807) is 15.9 Å². The number of methoxy groups -OCH3 is 1. The van der Waals surface area contributed by atoms with Crippen molar-refractivity contribution in [2.24, 2.45) is 5.92 Å². The Labute approximate surface area is 165 Å². The number of thiazole rings is 1. The summed E-state index contributed by atoms with van der Waals surface area (Å²) in [5.41, 5.74) is 0. The fourth-order valence-electron chi connectivity index (χ4n) is 3.60. The Morgan fingerprint density at radius 3 is 2.81 bits per heavy atom. The normalized spacial score (nSPS) is 17.4. The van der Waals surface area contributed by atoms with Crippen molar-refractivity contribution in [3.63, 3.8) is 0 Å². The van der Waals surface area contributed by atoms with E-state index < -0.39 is 0 Å². The molecule has 1 N–H and O–H groups in total. The van der Waals surface area contributed by atoms with E-state index in [1.165, 1.54) is 23.3 Å². The van der Waals surface area contributed by atoms with E-state index in [0.29, 0.717) is 4.96 Å². The number of likely N-dealkylation sites (tertiary alicyclic amines) is 1. The minimum absolute atomic E-state index is 0.0433. The highest BCUT2D eigenvalue weighted by Gasteiger charge is 2.34. The van der Waals surface area contributed by atoms with Crippen molar-refractivity contribution < 1.29 is 14.6 Å². The van der Waals surface area contributed by atoms with Gasteiger partial charge in [0.15, 0.2) is 5.82 Å². The number of thiophene rings is 1. The Balaban J connectivity index is 1.66. The van der Waals surface area contributed by atoms with Crippen LogP contribution in [0.4, 0.5) is 0 Å². The smallest absolute Gasteiger partial charge is 0.308 e. The summed E-state index contributed by atoms with van der Waals surface area (Å²) in [5, 5.41) is 17.3. The minimum Gasteiger partial charge on any atom is -0.492 e. The maximum absolute atomic E-state index is 11.8. The van der Waals surface area contributed by atoms with Crippen LogP contribution in [-0.4, -0.2) is 50.8 Å². The fourth-order valence-corrected chi connectivity index (χ4v) is 5.67. The molecule has 0 amide bonds. The summed E-state index contributed by atoms with van der Waals surface area (Å²) < 4.78 is 6.44. The molecule has 27 heavy (non-hydrogen) atoms. The second-order valence-electron chi connectivity index (χ2n) is 6.62. The zero-order valence-electron chi connectivity index (χ0n) is 15.3. The molecule has 0 bridgehead atoms. The molecular weight excluding hydrogens is 384 g/mol. The highest BCUT2D eigenvalue weighted by atomic mass is 32.1. The molecule has 1 atom stereocenters. The monoisotopic (exact) mass is 406 g/mol. The van der Waals surface area contributed by atoms with Gasteiger partial charge >= 0.3 is 5.97 Å². The van der Waals surface area contributed by atoms with Crippen LogP contribution in [0.5, 0.6) is 5.88 Å². The van der Waals surface area contributed by atoms with E-state index in [1.807, 2.05) is 18.4 Å². The predicted octanol–water partition coefficient (Wildman–Crippen LogP) is 3.09. The van der Waals surface area contributed by atoms with Crippen LogP contribution in [0.25, 0.3) is 4.96 Å². The Hall–Kier alpha value is -1.97. The van der Waals surface area contributed by atoms with Crippen LogP contribution in [0.15, 0.2) is 17.5 Å². The second-order valence-corrected chi connectivity index (χ2v) is 8.61. The number of piperidine rings is 1. The number of fused-ring (bicyclic) bond motifs is 1. The van der Waals surface area contributed by atoms with Crippen LogP contribution in [0.2, 0.25) is 0 Å². The van der Waals surface area contributed by atoms with Crippen LogP contribution in [0, 0.1) is 5.92 Å². The van der Waals surface area contributed by atoms with Gasteiger partial charge in [0.2, 0.25) is 10.8 Å². The van der Waals surface area contributed by atoms with Gasteiger partial charge in [0.1, 0.15) is 0 Å². The molecule has 1 saturated heterocycles. The molecule has 3 aromatic heterocycles. The number of hydrogen-bond acceptors (Lipinski definition) is 8. The van der Waals surface area contributed by atoms with Gasteiger partial charge in [0.25, 0.3) is 0 Å². The number of carbonyl (C=O) groups excluding carboxylic acids is 1. The molecule has 4 heterocycles. The zero-order valence-corrected chi connectivity index (χ0v) is 16.9. The number of nitrogens with zero attached hydrogens (tertiary/aromatic N) is 4. The lowest BCUT2D eigenvalue weighted by molar-refractivity contribution is -0.147. The van der Waals surface area contributed by atoms with E-state index in [-0.39, 0.29) is 23.8 Å². The molecule has 0 spiro atoms. The molecule has 3 aromatic rings. The average Bonchev–Trinajstić information content (AvgIpc) is 3.41. The SMILES string of the molecule is CCc1nc2sc([C@@H](c3cccs3)N3CCC(C(=O)OC)CC3)c(O)n2n1. The maximum Gasteiger partial charge on any atom is 0.308 e. The Morgan fingerprint density at radius 2 is 2.22 bits per heavy atom. The first-order chi connectivity index (χ1) is 13.1. The summed E-state index contributed by atoms with van der Waals surface area (Å²) in [4.78, 5) is 21.4. The number of hydrogen-bond donors (Lipinski definition) is 1. The summed E-state index contributed by atoms with van der Waals surface area (Å²) in [6.07, 6.45) is 2.25. The molecule has 144 valence electrons.